The lowest BCUT2D eigenvalue weighted by Gasteiger charge is -2.21. The maximum Gasteiger partial charge on any atom is 0.326 e. The Morgan fingerprint density at radius 1 is 1.20 bits per heavy atom. The molecule has 1 aliphatic heterocycles. The average molecular weight is 287 g/mol. The molecule has 0 aromatic heterocycles. The molecular weight excluding hydrogens is 275 g/mol. The minimum absolute atomic E-state index is 0.265. The van der Waals surface area contributed by atoms with Gasteiger partial charge in [0.05, 0.1) is 6.42 Å². The molecule has 1 aromatic carbocycles. The number of carboxylic acid groups (broad SMARTS) is 1. The summed E-state index contributed by atoms with van der Waals surface area (Å²) in [6.45, 7) is 0.265. The number of carboxylic acids is 1. The Morgan fingerprint density at radius 2 is 1.85 bits per heavy atom. The summed E-state index contributed by atoms with van der Waals surface area (Å²) in [7, 11) is 0. The average Bonchev–Trinajstić information content (AvgIpc) is 2.85. The Bertz CT molecular complexity index is 562. The van der Waals surface area contributed by atoms with E-state index in [1.165, 1.54) is 0 Å². The molecule has 1 fully saturated rings. The minimum Gasteiger partial charge on any atom is -0.480 e. The molecular formula is C13H12F3NO3. The van der Waals surface area contributed by atoms with Crippen LogP contribution in [0.3, 0.4) is 0 Å². The van der Waals surface area contributed by atoms with Gasteiger partial charge in [-0.1, -0.05) is 0 Å². The number of carbonyl (C=O) groups excluding carboxylic acids is 1. The normalized spacial score (nSPS) is 18.4. The maximum absolute atomic E-state index is 13.4. The monoisotopic (exact) mass is 287 g/mol. The van der Waals surface area contributed by atoms with Gasteiger partial charge in [0.2, 0.25) is 5.91 Å². The van der Waals surface area contributed by atoms with E-state index in [-0.39, 0.29) is 12.1 Å². The second kappa shape index (κ2) is 5.52. The molecule has 0 spiro atoms. The van der Waals surface area contributed by atoms with Gasteiger partial charge in [-0.05, 0) is 18.9 Å². The largest absolute Gasteiger partial charge is 0.480 e. The van der Waals surface area contributed by atoms with Gasteiger partial charge in [-0.25, -0.2) is 18.0 Å². The molecule has 2 rings (SSSR count). The first-order chi connectivity index (χ1) is 9.40. The van der Waals surface area contributed by atoms with Crippen molar-refractivity contribution >= 4 is 11.9 Å². The Kier molecular flexibility index (Phi) is 3.96. The third-order valence-electron chi connectivity index (χ3n) is 3.29. The molecule has 1 heterocycles. The van der Waals surface area contributed by atoms with Crippen molar-refractivity contribution in [3.05, 3.63) is 35.1 Å². The summed E-state index contributed by atoms with van der Waals surface area (Å²) in [6.07, 6.45) is 0.386. The third kappa shape index (κ3) is 2.76. The van der Waals surface area contributed by atoms with E-state index in [1.54, 1.807) is 0 Å². The molecule has 0 radical (unpaired) electrons. The van der Waals surface area contributed by atoms with Crippen molar-refractivity contribution in [3.8, 4) is 0 Å². The molecule has 1 amide bonds. The zero-order valence-corrected chi connectivity index (χ0v) is 10.4. The van der Waals surface area contributed by atoms with Crippen LogP contribution in [0.5, 0.6) is 0 Å². The van der Waals surface area contributed by atoms with Crippen LogP contribution in [0.2, 0.25) is 0 Å². The van der Waals surface area contributed by atoms with Crippen molar-refractivity contribution in [2.75, 3.05) is 6.54 Å². The molecule has 4 nitrogen and oxygen atoms in total. The first kappa shape index (κ1) is 14.4. The highest BCUT2D eigenvalue weighted by Gasteiger charge is 2.34. The van der Waals surface area contributed by atoms with Gasteiger partial charge < -0.3 is 10.0 Å². The van der Waals surface area contributed by atoms with Crippen molar-refractivity contribution < 1.29 is 27.9 Å². The van der Waals surface area contributed by atoms with Crippen LogP contribution in [0.4, 0.5) is 13.2 Å². The summed E-state index contributed by atoms with van der Waals surface area (Å²) in [6, 6.07) is 0.0567. The van der Waals surface area contributed by atoms with Crippen LogP contribution >= 0.6 is 0 Å². The number of carbonyl (C=O) groups is 2. The van der Waals surface area contributed by atoms with Gasteiger partial charge in [0.1, 0.15) is 11.9 Å². The van der Waals surface area contributed by atoms with Crippen LogP contribution < -0.4 is 0 Å². The fourth-order valence-electron chi connectivity index (χ4n) is 2.29. The van der Waals surface area contributed by atoms with E-state index in [0.29, 0.717) is 25.0 Å². The van der Waals surface area contributed by atoms with Gasteiger partial charge in [-0.15, -0.1) is 0 Å². The van der Waals surface area contributed by atoms with Gasteiger partial charge in [-0.2, -0.15) is 0 Å². The highest BCUT2D eigenvalue weighted by atomic mass is 19.2. The fraction of sp³-hybridized carbons (Fsp3) is 0.385. The summed E-state index contributed by atoms with van der Waals surface area (Å²) in [5, 5.41) is 8.96. The minimum atomic E-state index is -1.33. The van der Waals surface area contributed by atoms with Crippen molar-refractivity contribution in [1.29, 1.82) is 0 Å². The predicted molar refractivity (Wildman–Crippen MR) is 62.4 cm³/mol. The molecule has 1 saturated heterocycles. The summed E-state index contributed by atoms with van der Waals surface area (Å²) < 4.78 is 39.2. The highest BCUT2D eigenvalue weighted by molar-refractivity contribution is 5.85. The molecule has 1 atom stereocenters. The number of likely N-dealkylation sites (tertiary alicyclic amines) is 1. The maximum atomic E-state index is 13.4. The lowest BCUT2D eigenvalue weighted by molar-refractivity contribution is -0.148. The predicted octanol–water partition coefficient (Wildman–Crippen LogP) is 1.72. The number of hydrogen-bond donors (Lipinski definition) is 1. The molecule has 1 N–H and O–H groups in total. The second-order valence-corrected chi connectivity index (χ2v) is 4.62. The molecule has 0 unspecified atom stereocenters. The lowest BCUT2D eigenvalue weighted by atomic mass is 10.1. The standard InChI is InChI=1S/C13H12F3NO3/c14-8-6-10(16)9(15)4-7(8)5-12(18)17-3-1-2-11(17)13(19)20/h4,6,11H,1-3,5H2,(H,19,20)/t11-/m1/s1. The zero-order chi connectivity index (χ0) is 14.9. The van der Waals surface area contributed by atoms with Crippen molar-refractivity contribution in [3.63, 3.8) is 0 Å². The number of benzene rings is 1. The van der Waals surface area contributed by atoms with Gasteiger partial charge >= 0.3 is 5.97 Å². The summed E-state index contributed by atoms with van der Waals surface area (Å²) in [5.74, 6) is -5.33. The molecule has 1 aromatic rings. The van der Waals surface area contributed by atoms with E-state index in [0.717, 1.165) is 4.90 Å². The van der Waals surface area contributed by atoms with Crippen LogP contribution in [-0.2, 0) is 16.0 Å². The molecule has 0 saturated carbocycles. The first-order valence-electron chi connectivity index (χ1n) is 6.06. The SMILES string of the molecule is O=C(O)[C@H]1CCCN1C(=O)Cc1cc(F)c(F)cc1F. The lowest BCUT2D eigenvalue weighted by Crippen LogP contribution is -2.41. The van der Waals surface area contributed by atoms with E-state index in [4.69, 9.17) is 5.11 Å². The van der Waals surface area contributed by atoms with Gasteiger partial charge in [-0.3, -0.25) is 4.79 Å². The number of nitrogens with zero attached hydrogens (tertiary/aromatic N) is 1. The molecule has 20 heavy (non-hydrogen) atoms. The molecule has 108 valence electrons. The summed E-state index contributed by atoms with van der Waals surface area (Å²) in [4.78, 5) is 24.0. The van der Waals surface area contributed by atoms with Crippen LogP contribution in [0, 0.1) is 17.5 Å². The third-order valence-corrected chi connectivity index (χ3v) is 3.29. The van der Waals surface area contributed by atoms with E-state index >= 15 is 0 Å². The van der Waals surface area contributed by atoms with Gasteiger partial charge in [0, 0.05) is 18.2 Å². The summed E-state index contributed by atoms with van der Waals surface area (Å²) >= 11 is 0. The highest BCUT2D eigenvalue weighted by Crippen LogP contribution is 2.20. The molecule has 0 bridgehead atoms. The smallest absolute Gasteiger partial charge is 0.326 e. The van der Waals surface area contributed by atoms with Crippen LogP contribution in [-0.4, -0.2) is 34.5 Å². The second-order valence-electron chi connectivity index (χ2n) is 4.62. The number of amides is 1. The van der Waals surface area contributed by atoms with Crippen molar-refractivity contribution in [2.45, 2.75) is 25.3 Å². The van der Waals surface area contributed by atoms with Crippen LogP contribution in [0.1, 0.15) is 18.4 Å². The summed E-state index contributed by atoms with van der Waals surface area (Å²) in [5.41, 5.74) is -0.287. The van der Waals surface area contributed by atoms with Crippen LogP contribution in [0.25, 0.3) is 0 Å². The van der Waals surface area contributed by atoms with Crippen molar-refractivity contribution in [1.82, 2.24) is 4.90 Å². The quantitative estimate of drug-likeness (QED) is 0.861. The van der Waals surface area contributed by atoms with E-state index in [2.05, 4.69) is 0 Å². The Balaban J connectivity index is 2.16. The van der Waals surface area contributed by atoms with E-state index in [1.807, 2.05) is 0 Å². The fourth-order valence-corrected chi connectivity index (χ4v) is 2.29. The Hall–Kier alpha value is -2.05. The van der Waals surface area contributed by atoms with E-state index in [9.17, 15) is 22.8 Å². The molecule has 7 heteroatoms. The van der Waals surface area contributed by atoms with Gasteiger partial charge in [0.15, 0.2) is 11.6 Å². The Labute approximate surface area is 112 Å². The zero-order valence-electron chi connectivity index (χ0n) is 10.4. The number of rotatable bonds is 3. The van der Waals surface area contributed by atoms with Crippen molar-refractivity contribution in [2.24, 2.45) is 0 Å². The Morgan fingerprint density at radius 3 is 2.50 bits per heavy atom. The first-order valence-corrected chi connectivity index (χ1v) is 6.06. The number of aliphatic carboxylic acids is 1. The number of hydrogen-bond acceptors (Lipinski definition) is 2. The molecule has 1 aliphatic rings. The van der Waals surface area contributed by atoms with Gasteiger partial charge in [0.25, 0.3) is 0 Å². The topological polar surface area (TPSA) is 57.6 Å². The molecule has 0 aliphatic carbocycles. The van der Waals surface area contributed by atoms with E-state index < -0.39 is 41.8 Å². The van der Waals surface area contributed by atoms with Crippen LogP contribution in [0.15, 0.2) is 12.1 Å². The number of halogens is 3.